The minimum Gasteiger partial charge on any atom is -0.463 e. The second kappa shape index (κ2) is 2.75. The van der Waals surface area contributed by atoms with Crippen molar-refractivity contribution < 1.29 is 13.9 Å². The number of rotatable bonds is 1. The fourth-order valence-corrected chi connectivity index (χ4v) is 0.671. The Hall–Kier alpha value is -0.960. The molecule has 0 aliphatic carbocycles. The van der Waals surface area contributed by atoms with E-state index in [0.717, 1.165) is 0 Å². The number of furan rings is 1. The maximum absolute atomic E-state index is 10.7. The van der Waals surface area contributed by atoms with Gasteiger partial charge < -0.3 is 9.15 Å². The second-order valence-corrected chi connectivity index (χ2v) is 1.97. The van der Waals surface area contributed by atoms with Gasteiger partial charge in [-0.15, -0.1) is 0 Å². The van der Waals surface area contributed by atoms with Crippen LogP contribution in [0, 0.1) is 0 Å². The summed E-state index contributed by atoms with van der Waals surface area (Å²) in [7, 11) is 1.28. The Balaban J connectivity index is 2.85. The molecule has 10 heavy (non-hydrogen) atoms. The van der Waals surface area contributed by atoms with Crippen LogP contribution >= 0.6 is 11.6 Å². The minimum absolute atomic E-state index is 0.118. The quantitative estimate of drug-likeness (QED) is 0.588. The Labute approximate surface area is 62.5 Å². The van der Waals surface area contributed by atoms with Crippen LogP contribution < -0.4 is 0 Å². The Morgan fingerprint density at radius 1 is 1.70 bits per heavy atom. The van der Waals surface area contributed by atoms with Gasteiger partial charge in [-0.25, -0.2) is 4.79 Å². The van der Waals surface area contributed by atoms with E-state index in [4.69, 9.17) is 16.0 Å². The zero-order valence-electron chi connectivity index (χ0n) is 5.26. The van der Waals surface area contributed by atoms with Crippen molar-refractivity contribution in [3.8, 4) is 0 Å². The summed E-state index contributed by atoms with van der Waals surface area (Å²) >= 11 is 5.39. The summed E-state index contributed by atoms with van der Waals surface area (Å²) in [6, 6.07) is 2.93. The molecule has 0 saturated carbocycles. The van der Waals surface area contributed by atoms with Gasteiger partial charge in [0.15, 0.2) is 5.22 Å². The van der Waals surface area contributed by atoms with Gasteiger partial charge in [0, 0.05) is 0 Å². The molecule has 0 atom stereocenters. The highest BCUT2D eigenvalue weighted by atomic mass is 35.5. The Bertz CT molecular complexity index is 241. The number of hydrogen-bond donors (Lipinski definition) is 0. The standard InChI is InChI=1S/C6H5ClO3/c1-9-6(8)4-2-3-5(7)10-4/h2-3H,1H3. The fraction of sp³-hybridized carbons (Fsp3) is 0.167. The van der Waals surface area contributed by atoms with E-state index >= 15 is 0 Å². The first kappa shape index (κ1) is 7.15. The van der Waals surface area contributed by atoms with Gasteiger partial charge in [0.05, 0.1) is 7.11 Å². The van der Waals surface area contributed by atoms with Crippen LogP contribution in [-0.4, -0.2) is 13.1 Å². The van der Waals surface area contributed by atoms with Crippen molar-refractivity contribution in [3.05, 3.63) is 23.1 Å². The maximum atomic E-state index is 10.7. The summed E-state index contributed by atoms with van der Waals surface area (Å²) in [5.74, 6) is -0.403. The maximum Gasteiger partial charge on any atom is 0.374 e. The minimum atomic E-state index is -0.521. The lowest BCUT2D eigenvalue weighted by Crippen LogP contribution is -1.97. The molecule has 1 aromatic rings. The Morgan fingerprint density at radius 3 is 2.80 bits per heavy atom. The van der Waals surface area contributed by atoms with Crippen molar-refractivity contribution >= 4 is 17.6 Å². The van der Waals surface area contributed by atoms with Crippen LogP contribution in [0.1, 0.15) is 10.6 Å². The van der Waals surface area contributed by atoms with E-state index < -0.39 is 5.97 Å². The predicted molar refractivity (Wildman–Crippen MR) is 35.1 cm³/mol. The van der Waals surface area contributed by atoms with Gasteiger partial charge in [-0.1, -0.05) is 0 Å². The number of ether oxygens (including phenoxy) is 1. The zero-order chi connectivity index (χ0) is 7.56. The molecule has 0 N–H and O–H groups in total. The van der Waals surface area contributed by atoms with E-state index in [1.165, 1.54) is 19.2 Å². The largest absolute Gasteiger partial charge is 0.463 e. The molecule has 0 bridgehead atoms. The Kier molecular flexibility index (Phi) is 1.97. The van der Waals surface area contributed by atoms with E-state index in [9.17, 15) is 4.79 Å². The SMILES string of the molecule is COC(=O)c1ccc(Cl)o1. The van der Waals surface area contributed by atoms with Crippen molar-refractivity contribution in [3.63, 3.8) is 0 Å². The lowest BCUT2D eigenvalue weighted by atomic mass is 10.5. The third-order valence-corrected chi connectivity index (χ3v) is 1.16. The lowest BCUT2D eigenvalue weighted by molar-refractivity contribution is 0.0565. The summed E-state index contributed by atoms with van der Waals surface area (Å²) in [5.41, 5.74) is 0. The van der Waals surface area contributed by atoms with Crippen LogP contribution in [0.25, 0.3) is 0 Å². The summed E-state index contributed by atoms with van der Waals surface area (Å²) < 4.78 is 9.09. The number of carbonyl (C=O) groups is 1. The van der Waals surface area contributed by atoms with Crippen molar-refractivity contribution in [1.82, 2.24) is 0 Å². The monoisotopic (exact) mass is 160 g/mol. The predicted octanol–water partition coefficient (Wildman–Crippen LogP) is 1.72. The first-order chi connectivity index (χ1) is 4.74. The summed E-state index contributed by atoms with van der Waals surface area (Å²) in [4.78, 5) is 10.7. The van der Waals surface area contributed by atoms with Crippen LogP contribution in [0.2, 0.25) is 5.22 Å². The fourth-order valence-electron chi connectivity index (χ4n) is 0.525. The Morgan fingerprint density at radius 2 is 2.40 bits per heavy atom. The molecule has 54 valence electrons. The highest BCUT2D eigenvalue weighted by molar-refractivity contribution is 6.29. The van der Waals surface area contributed by atoms with E-state index in [-0.39, 0.29) is 11.0 Å². The highest BCUT2D eigenvalue weighted by Crippen LogP contribution is 2.13. The smallest absolute Gasteiger partial charge is 0.374 e. The third-order valence-electron chi connectivity index (χ3n) is 0.960. The first-order valence-electron chi connectivity index (χ1n) is 2.57. The van der Waals surface area contributed by atoms with Crippen LogP contribution in [0.5, 0.6) is 0 Å². The molecule has 1 heterocycles. The lowest BCUT2D eigenvalue weighted by Gasteiger charge is -1.90. The van der Waals surface area contributed by atoms with Gasteiger partial charge in [0.25, 0.3) is 0 Å². The van der Waals surface area contributed by atoms with Crippen LogP contribution in [0.3, 0.4) is 0 Å². The molecule has 0 unspecified atom stereocenters. The number of esters is 1. The van der Waals surface area contributed by atoms with Gasteiger partial charge in [0.1, 0.15) is 0 Å². The molecular formula is C6H5ClO3. The molecule has 1 aromatic heterocycles. The van der Waals surface area contributed by atoms with Crippen molar-refractivity contribution in [2.24, 2.45) is 0 Å². The summed E-state index contributed by atoms with van der Waals surface area (Å²) in [6.07, 6.45) is 0. The van der Waals surface area contributed by atoms with E-state index in [1.54, 1.807) is 0 Å². The molecule has 4 heteroatoms. The van der Waals surface area contributed by atoms with Crippen LogP contribution in [0.15, 0.2) is 16.5 Å². The summed E-state index contributed by atoms with van der Waals surface area (Å²) in [6.45, 7) is 0. The summed E-state index contributed by atoms with van der Waals surface area (Å²) in [5, 5.41) is 0.181. The molecule has 0 saturated heterocycles. The van der Waals surface area contributed by atoms with Crippen molar-refractivity contribution in [2.45, 2.75) is 0 Å². The van der Waals surface area contributed by atoms with Crippen molar-refractivity contribution in [1.29, 1.82) is 0 Å². The van der Waals surface area contributed by atoms with Crippen molar-refractivity contribution in [2.75, 3.05) is 7.11 Å². The molecule has 0 aliphatic heterocycles. The average Bonchev–Trinajstić information content (AvgIpc) is 2.34. The molecule has 0 fully saturated rings. The molecule has 0 spiro atoms. The molecular weight excluding hydrogens is 156 g/mol. The van der Waals surface area contributed by atoms with Gasteiger partial charge in [-0.05, 0) is 23.7 Å². The van der Waals surface area contributed by atoms with Crippen LogP contribution in [-0.2, 0) is 4.74 Å². The normalized spacial score (nSPS) is 9.40. The molecule has 3 nitrogen and oxygen atoms in total. The van der Waals surface area contributed by atoms with Gasteiger partial charge >= 0.3 is 5.97 Å². The molecule has 0 amide bonds. The highest BCUT2D eigenvalue weighted by Gasteiger charge is 2.08. The number of hydrogen-bond acceptors (Lipinski definition) is 3. The topological polar surface area (TPSA) is 39.4 Å². The zero-order valence-corrected chi connectivity index (χ0v) is 6.01. The van der Waals surface area contributed by atoms with Gasteiger partial charge in [-0.3, -0.25) is 0 Å². The second-order valence-electron chi connectivity index (χ2n) is 1.60. The number of methoxy groups -OCH3 is 1. The van der Waals surface area contributed by atoms with Gasteiger partial charge in [-0.2, -0.15) is 0 Å². The number of halogens is 1. The molecule has 1 rings (SSSR count). The van der Waals surface area contributed by atoms with E-state index in [0.29, 0.717) is 0 Å². The number of carbonyl (C=O) groups excluding carboxylic acids is 1. The van der Waals surface area contributed by atoms with Gasteiger partial charge in [0.2, 0.25) is 5.76 Å². The molecule has 0 aliphatic rings. The molecule has 0 aromatic carbocycles. The average molecular weight is 161 g/mol. The van der Waals surface area contributed by atoms with E-state index in [1.807, 2.05) is 0 Å². The molecule has 0 radical (unpaired) electrons. The van der Waals surface area contributed by atoms with Crippen LogP contribution in [0.4, 0.5) is 0 Å². The van der Waals surface area contributed by atoms with E-state index in [2.05, 4.69) is 4.74 Å². The first-order valence-corrected chi connectivity index (χ1v) is 2.95. The third kappa shape index (κ3) is 1.30.